The van der Waals surface area contributed by atoms with E-state index in [9.17, 15) is 9.59 Å². The van der Waals surface area contributed by atoms with Crippen LogP contribution in [-0.4, -0.2) is 36.6 Å². The number of Topliss-reactive ketones (excluding diaryl/α,β-unsaturated/α-hetero) is 1. The number of ketones is 1. The van der Waals surface area contributed by atoms with E-state index >= 15 is 0 Å². The van der Waals surface area contributed by atoms with E-state index in [1.807, 2.05) is 36.0 Å². The van der Waals surface area contributed by atoms with E-state index in [-0.39, 0.29) is 24.8 Å². The number of fused-ring (bicyclic) bond motifs is 2. The summed E-state index contributed by atoms with van der Waals surface area (Å²) >= 11 is 0. The van der Waals surface area contributed by atoms with E-state index in [0.717, 1.165) is 22.2 Å². The highest BCUT2D eigenvalue weighted by Gasteiger charge is 2.30. The summed E-state index contributed by atoms with van der Waals surface area (Å²) in [7, 11) is 3.56. The molecule has 3 aromatic rings. The van der Waals surface area contributed by atoms with Crippen molar-refractivity contribution in [3.8, 4) is 17.2 Å². The van der Waals surface area contributed by atoms with E-state index < -0.39 is 5.97 Å². The van der Waals surface area contributed by atoms with Crippen molar-refractivity contribution >= 4 is 28.7 Å². The molecule has 0 fully saturated rings. The Bertz CT molecular complexity index is 1270. The Labute approximate surface area is 185 Å². The van der Waals surface area contributed by atoms with Gasteiger partial charge >= 0.3 is 5.97 Å². The number of aromatic nitrogens is 1. The first-order valence-corrected chi connectivity index (χ1v) is 10.0. The molecule has 2 aromatic carbocycles. The Balaban J connectivity index is 1.61. The molecule has 0 saturated carbocycles. The largest absolute Gasteiger partial charge is 0.497 e. The molecule has 164 valence electrons. The zero-order valence-corrected chi connectivity index (χ0v) is 18.1. The number of nitrogens with zero attached hydrogens (tertiary/aromatic N) is 1. The van der Waals surface area contributed by atoms with Crippen molar-refractivity contribution in [2.75, 3.05) is 20.3 Å². The van der Waals surface area contributed by atoms with Crippen LogP contribution in [0.25, 0.3) is 17.0 Å². The monoisotopic (exact) mass is 433 g/mol. The third-order valence-corrected chi connectivity index (χ3v) is 5.18. The van der Waals surface area contributed by atoms with Gasteiger partial charge in [-0.1, -0.05) is 12.7 Å². The molecule has 0 bridgehead atoms. The van der Waals surface area contributed by atoms with E-state index in [2.05, 4.69) is 6.58 Å². The molecule has 0 saturated heterocycles. The second kappa shape index (κ2) is 8.63. The molecule has 0 radical (unpaired) electrons. The number of carbonyl (C=O) groups excluding carboxylic acids is 2. The molecule has 0 spiro atoms. The van der Waals surface area contributed by atoms with Gasteiger partial charge in [0, 0.05) is 35.8 Å². The lowest BCUT2D eigenvalue weighted by molar-refractivity contribution is -0.144. The lowest BCUT2D eigenvalue weighted by Gasteiger charge is -2.08. The second-order valence-electron chi connectivity index (χ2n) is 7.39. The van der Waals surface area contributed by atoms with Crippen LogP contribution >= 0.6 is 0 Å². The van der Waals surface area contributed by atoms with E-state index in [1.165, 1.54) is 6.08 Å². The Morgan fingerprint density at radius 2 is 2.03 bits per heavy atom. The Kier molecular flexibility index (Phi) is 5.73. The van der Waals surface area contributed by atoms with Gasteiger partial charge in [0.25, 0.3) is 0 Å². The number of hydrogen-bond acceptors (Lipinski definition) is 6. The average Bonchev–Trinajstić information content (AvgIpc) is 3.27. The smallest absolute Gasteiger partial charge is 0.344 e. The molecule has 32 heavy (non-hydrogen) atoms. The van der Waals surface area contributed by atoms with E-state index in [1.54, 1.807) is 32.2 Å². The normalized spacial score (nSPS) is 13.7. The molecule has 1 aromatic heterocycles. The van der Waals surface area contributed by atoms with Crippen molar-refractivity contribution in [2.45, 2.75) is 6.92 Å². The summed E-state index contributed by atoms with van der Waals surface area (Å²) < 4.78 is 23.6. The molecule has 7 nitrogen and oxygen atoms in total. The summed E-state index contributed by atoms with van der Waals surface area (Å²) in [6, 6.07) is 9.10. The number of allylic oxidation sites excluding steroid dienone is 1. The van der Waals surface area contributed by atoms with Gasteiger partial charge < -0.3 is 23.5 Å². The summed E-state index contributed by atoms with van der Waals surface area (Å²) in [6.07, 6.45) is 5.15. The van der Waals surface area contributed by atoms with E-state index in [0.29, 0.717) is 22.6 Å². The van der Waals surface area contributed by atoms with Gasteiger partial charge in [-0.2, -0.15) is 0 Å². The topological polar surface area (TPSA) is 76.0 Å². The fraction of sp³-hybridized carbons (Fsp3) is 0.200. The predicted octanol–water partition coefficient (Wildman–Crippen LogP) is 4.22. The van der Waals surface area contributed by atoms with Crippen molar-refractivity contribution in [3.63, 3.8) is 0 Å². The average molecular weight is 433 g/mol. The highest BCUT2D eigenvalue weighted by atomic mass is 16.6. The molecule has 1 aliphatic rings. The van der Waals surface area contributed by atoms with E-state index in [4.69, 9.17) is 18.9 Å². The Morgan fingerprint density at radius 1 is 1.22 bits per heavy atom. The maximum absolute atomic E-state index is 13.0. The third kappa shape index (κ3) is 3.97. The highest BCUT2D eigenvalue weighted by Crippen LogP contribution is 2.38. The number of methoxy groups -OCH3 is 1. The minimum Gasteiger partial charge on any atom is -0.497 e. The van der Waals surface area contributed by atoms with Crippen LogP contribution in [0.15, 0.2) is 54.9 Å². The van der Waals surface area contributed by atoms with Gasteiger partial charge in [0.2, 0.25) is 5.78 Å². The second-order valence-corrected chi connectivity index (χ2v) is 7.39. The lowest BCUT2D eigenvalue weighted by atomic mass is 10.0. The maximum Gasteiger partial charge on any atom is 0.344 e. The van der Waals surface area contributed by atoms with Crippen LogP contribution in [0, 0.1) is 6.92 Å². The van der Waals surface area contributed by atoms with Crippen molar-refractivity contribution in [3.05, 3.63) is 71.6 Å². The lowest BCUT2D eigenvalue weighted by Crippen LogP contribution is -2.14. The SMILES string of the molecule is C=CCOC(=O)COc1cc(C)c2c(c1)O/C(=C\c1cn(C)c3ccc(OC)cc13)C2=O. The molecule has 0 atom stereocenters. The van der Waals surface area contributed by atoms with Crippen LogP contribution in [0.1, 0.15) is 21.5 Å². The van der Waals surface area contributed by atoms with Gasteiger partial charge in [0.05, 0.1) is 12.7 Å². The van der Waals surface area contributed by atoms with Crippen LogP contribution in [-0.2, 0) is 16.6 Å². The van der Waals surface area contributed by atoms with Crippen LogP contribution in [0.3, 0.4) is 0 Å². The van der Waals surface area contributed by atoms with Crippen molar-refractivity contribution < 1.29 is 28.5 Å². The fourth-order valence-corrected chi connectivity index (χ4v) is 3.68. The van der Waals surface area contributed by atoms with Crippen LogP contribution in [0.5, 0.6) is 17.2 Å². The fourth-order valence-electron chi connectivity index (χ4n) is 3.68. The van der Waals surface area contributed by atoms with Gasteiger partial charge in [-0.15, -0.1) is 0 Å². The van der Waals surface area contributed by atoms with Crippen molar-refractivity contribution in [1.82, 2.24) is 4.57 Å². The highest BCUT2D eigenvalue weighted by molar-refractivity contribution is 6.16. The summed E-state index contributed by atoms with van der Waals surface area (Å²) in [4.78, 5) is 24.7. The minimum absolute atomic E-state index is 0.122. The first kappa shape index (κ1) is 21.2. The van der Waals surface area contributed by atoms with Crippen molar-refractivity contribution in [1.29, 1.82) is 0 Å². The van der Waals surface area contributed by atoms with Gasteiger partial charge in [-0.3, -0.25) is 4.79 Å². The first-order chi connectivity index (χ1) is 15.4. The van der Waals surface area contributed by atoms with Gasteiger partial charge in [-0.05, 0) is 42.8 Å². The standard InChI is InChI=1S/C25H23NO6/c1-5-8-30-23(27)14-31-18-9-15(2)24-21(12-18)32-22(25(24)28)10-16-13-26(3)20-7-6-17(29-4)11-19(16)20/h5-7,9-13H,1,8,14H2,2-4H3/b22-10-. The molecule has 1 aliphatic heterocycles. The third-order valence-electron chi connectivity index (χ3n) is 5.18. The Hall–Kier alpha value is -4.00. The summed E-state index contributed by atoms with van der Waals surface area (Å²) in [6.45, 7) is 5.17. The van der Waals surface area contributed by atoms with Crippen LogP contribution in [0.4, 0.5) is 0 Å². The molecule has 0 N–H and O–H groups in total. The number of aryl methyl sites for hydroxylation is 2. The molecule has 0 unspecified atom stereocenters. The number of ether oxygens (including phenoxy) is 4. The van der Waals surface area contributed by atoms with Crippen LogP contribution < -0.4 is 14.2 Å². The summed E-state index contributed by atoms with van der Waals surface area (Å²) in [5.41, 5.74) is 3.04. The minimum atomic E-state index is -0.507. The number of benzene rings is 2. The molecule has 0 aliphatic carbocycles. The molecule has 2 heterocycles. The summed E-state index contributed by atoms with van der Waals surface area (Å²) in [5, 5.41) is 0.950. The quantitative estimate of drug-likeness (QED) is 0.316. The zero-order chi connectivity index (χ0) is 22.8. The number of carbonyl (C=O) groups is 2. The molecule has 0 amide bonds. The number of hydrogen-bond donors (Lipinski definition) is 0. The van der Waals surface area contributed by atoms with Gasteiger partial charge in [0.15, 0.2) is 12.4 Å². The van der Waals surface area contributed by atoms with Crippen LogP contribution in [0.2, 0.25) is 0 Å². The zero-order valence-electron chi connectivity index (χ0n) is 18.1. The van der Waals surface area contributed by atoms with Gasteiger partial charge in [0.1, 0.15) is 23.9 Å². The predicted molar refractivity (Wildman–Crippen MR) is 120 cm³/mol. The molecule has 4 rings (SSSR count). The summed E-state index contributed by atoms with van der Waals surface area (Å²) in [5.74, 6) is 1.06. The number of rotatable bonds is 7. The van der Waals surface area contributed by atoms with Gasteiger partial charge in [-0.25, -0.2) is 4.79 Å². The molecular weight excluding hydrogens is 410 g/mol. The molecular formula is C25H23NO6. The molecule has 7 heteroatoms. The number of esters is 1. The van der Waals surface area contributed by atoms with Crippen molar-refractivity contribution in [2.24, 2.45) is 7.05 Å². The first-order valence-electron chi connectivity index (χ1n) is 10.0. The Morgan fingerprint density at radius 3 is 2.78 bits per heavy atom. The maximum atomic E-state index is 13.0.